The molecule has 0 bridgehead atoms. The Morgan fingerprint density at radius 1 is 1.50 bits per heavy atom. The second-order valence-electron chi connectivity index (χ2n) is 3.50. The van der Waals surface area contributed by atoms with Crippen molar-refractivity contribution in [1.82, 2.24) is 0 Å². The minimum Gasteiger partial charge on any atom is -0.323 e. The molecular formula is C11H8ClF3N2O. The van der Waals surface area contributed by atoms with Crippen molar-refractivity contribution in [2.24, 2.45) is 5.92 Å². The Morgan fingerprint density at radius 3 is 2.61 bits per heavy atom. The van der Waals surface area contributed by atoms with Crippen molar-refractivity contribution in [2.45, 2.75) is 13.1 Å². The molecule has 0 saturated carbocycles. The van der Waals surface area contributed by atoms with Crippen LogP contribution in [0.25, 0.3) is 0 Å². The summed E-state index contributed by atoms with van der Waals surface area (Å²) in [5.74, 6) is -1.90. The molecular weight excluding hydrogens is 269 g/mol. The smallest absolute Gasteiger partial charge is 0.323 e. The Hall–Kier alpha value is -1.74. The highest BCUT2D eigenvalue weighted by Crippen LogP contribution is 2.38. The van der Waals surface area contributed by atoms with E-state index in [-0.39, 0.29) is 5.02 Å². The molecule has 1 rings (SSSR count). The monoisotopic (exact) mass is 276 g/mol. The molecule has 0 aromatic heterocycles. The summed E-state index contributed by atoms with van der Waals surface area (Å²) in [6.45, 7) is 1.28. The van der Waals surface area contributed by atoms with Crippen LogP contribution < -0.4 is 5.32 Å². The molecule has 1 aromatic carbocycles. The van der Waals surface area contributed by atoms with Gasteiger partial charge in [-0.1, -0.05) is 17.7 Å². The normalized spacial score (nSPS) is 12.7. The number of carbonyl (C=O) groups excluding carboxylic acids is 1. The third kappa shape index (κ3) is 3.14. The van der Waals surface area contributed by atoms with Crippen molar-refractivity contribution in [3.05, 3.63) is 28.8 Å². The van der Waals surface area contributed by atoms with Gasteiger partial charge in [-0.2, -0.15) is 18.4 Å². The zero-order chi connectivity index (χ0) is 13.9. The number of rotatable bonds is 2. The quantitative estimate of drug-likeness (QED) is 0.899. The van der Waals surface area contributed by atoms with Gasteiger partial charge in [0.2, 0.25) is 5.91 Å². The fourth-order valence-electron chi connectivity index (χ4n) is 1.18. The van der Waals surface area contributed by atoms with Crippen molar-refractivity contribution < 1.29 is 18.0 Å². The van der Waals surface area contributed by atoms with Gasteiger partial charge in [0, 0.05) is 0 Å². The SMILES string of the molecule is CC(C#N)C(=O)Nc1c(Cl)cccc1C(F)(F)F. The van der Waals surface area contributed by atoms with E-state index in [9.17, 15) is 18.0 Å². The molecule has 0 aliphatic heterocycles. The summed E-state index contributed by atoms with van der Waals surface area (Å²) in [5.41, 5.74) is -1.58. The van der Waals surface area contributed by atoms with Crippen LogP contribution in [0, 0.1) is 17.2 Å². The Bertz CT molecular complexity index is 508. The largest absolute Gasteiger partial charge is 0.418 e. The maximum atomic E-state index is 12.7. The van der Waals surface area contributed by atoms with Gasteiger partial charge >= 0.3 is 6.18 Å². The van der Waals surface area contributed by atoms with Crippen LogP contribution in [-0.2, 0) is 11.0 Å². The summed E-state index contributed by atoms with van der Waals surface area (Å²) in [6, 6.07) is 4.79. The van der Waals surface area contributed by atoms with Crippen molar-refractivity contribution >= 4 is 23.2 Å². The summed E-state index contributed by atoms with van der Waals surface area (Å²) in [5, 5.41) is 10.3. The molecule has 96 valence electrons. The maximum absolute atomic E-state index is 12.7. The van der Waals surface area contributed by atoms with Gasteiger partial charge < -0.3 is 5.32 Å². The third-order valence-electron chi connectivity index (χ3n) is 2.15. The zero-order valence-corrected chi connectivity index (χ0v) is 9.93. The average Bonchev–Trinajstić information content (AvgIpc) is 2.29. The first-order valence-electron chi connectivity index (χ1n) is 4.83. The molecule has 1 aromatic rings. The van der Waals surface area contributed by atoms with Crippen LogP contribution in [0.4, 0.5) is 18.9 Å². The topological polar surface area (TPSA) is 52.9 Å². The van der Waals surface area contributed by atoms with Gasteiger partial charge in [-0.05, 0) is 19.1 Å². The first-order valence-corrected chi connectivity index (χ1v) is 5.21. The zero-order valence-electron chi connectivity index (χ0n) is 9.18. The van der Waals surface area contributed by atoms with Crippen molar-refractivity contribution in [3.63, 3.8) is 0 Å². The lowest BCUT2D eigenvalue weighted by Gasteiger charge is -2.15. The number of anilines is 1. The van der Waals surface area contributed by atoms with Crippen LogP contribution in [0.1, 0.15) is 12.5 Å². The first-order chi connectivity index (χ1) is 8.27. The Balaban J connectivity index is 3.17. The molecule has 0 aliphatic carbocycles. The highest BCUT2D eigenvalue weighted by atomic mass is 35.5. The third-order valence-corrected chi connectivity index (χ3v) is 2.47. The van der Waals surface area contributed by atoms with Crippen LogP contribution in [0.15, 0.2) is 18.2 Å². The van der Waals surface area contributed by atoms with E-state index in [1.54, 1.807) is 6.07 Å². The number of nitrogens with zero attached hydrogens (tertiary/aromatic N) is 1. The van der Waals surface area contributed by atoms with E-state index in [4.69, 9.17) is 16.9 Å². The van der Waals surface area contributed by atoms with Gasteiger partial charge in [0.1, 0.15) is 5.92 Å². The number of carbonyl (C=O) groups is 1. The number of hydrogen-bond donors (Lipinski definition) is 1. The van der Waals surface area contributed by atoms with Crippen molar-refractivity contribution in [1.29, 1.82) is 5.26 Å². The van der Waals surface area contributed by atoms with Crippen LogP contribution in [-0.4, -0.2) is 5.91 Å². The fraction of sp³-hybridized carbons (Fsp3) is 0.273. The second-order valence-corrected chi connectivity index (χ2v) is 3.91. The average molecular weight is 277 g/mol. The standard InChI is InChI=1S/C11H8ClF3N2O/c1-6(5-16)10(18)17-9-7(11(13,14)15)3-2-4-8(9)12/h2-4,6H,1H3,(H,17,18). The molecule has 0 radical (unpaired) electrons. The van der Waals surface area contributed by atoms with Crippen LogP contribution in [0.2, 0.25) is 5.02 Å². The van der Waals surface area contributed by atoms with Crippen molar-refractivity contribution in [3.8, 4) is 6.07 Å². The molecule has 1 atom stereocenters. The predicted octanol–water partition coefficient (Wildman–Crippen LogP) is 3.46. The minimum absolute atomic E-state index is 0.233. The summed E-state index contributed by atoms with van der Waals surface area (Å²) in [4.78, 5) is 11.4. The van der Waals surface area contributed by atoms with Gasteiger partial charge in [0.25, 0.3) is 0 Å². The predicted molar refractivity (Wildman–Crippen MR) is 59.9 cm³/mol. The molecule has 0 saturated heterocycles. The molecule has 1 N–H and O–H groups in total. The molecule has 0 heterocycles. The number of alkyl halides is 3. The maximum Gasteiger partial charge on any atom is 0.418 e. The molecule has 0 aliphatic rings. The van der Waals surface area contributed by atoms with Gasteiger partial charge in [-0.15, -0.1) is 0 Å². The summed E-state index contributed by atoms with van der Waals surface area (Å²) < 4.78 is 38.1. The van der Waals surface area contributed by atoms with E-state index in [1.807, 2.05) is 5.32 Å². The molecule has 7 heteroatoms. The van der Waals surface area contributed by atoms with E-state index < -0.39 is 29.3 Å². The van der Waals surface area contributed by atoms with Gasteiger partial charge in [0.05, 0.1) is 22.3 Å². The van der Waals surface area contributed by atoms with Gasteiger partial charge in [-0.25, -0.2) is 0 Å². The van der Waals surface area contributed by atoms with E-state index in [1.165, 1.54) is 13.0 Å². The molecule has 1 unspecified atom stereocenters. The summed E-state index contributed by atoms with van der Waals surface area (Å²) in [6.07, 6.45) is -4.64. The number of nitriles is 1. The van der Waals surface area contributed by atoms with Gasteiger partial charge in [0.15, 0.2) is 0 Å². The lowest BCUT2D eigenvalue weighted by molar-refractivity contribution is -0.137. The fourth-order valence-corrected chi connectivity index (χ4v) is 1.40. The van der Waals surface area contributed by atoms with E-state index in [0.717, 1.165) is 12.1 Å². The van der Waals surface area contributed by atoms with Crippen molar-refractivity contribution in [2.75, 3.05) is 5.32 Å². The molecule has 0 fully saturated rings. The number of hydrogen-bond acceptors (Lipinski definition) is 2. The molecule has 3 nitrogen and oxygen atoms in total. The van der Waals surface area contributed by atoms with E-state index in [0.29, 0.717) is 0 Å². The minimum atomic E-state index is -4.64. The number of halogens is 4. The van der Waals surface area contributed by atoms with Gasteiger partial charge in [-0.3, -0.25) is 4.79 Å². The molecule has 0 spiro atoms. The first kappa shape index (κ1) is 14.3. The Morgan fingerprint density at radius 2 is 2.11 bits per heavy atom. The Kier molecular flexibility index (Phi) is 4.19. The van der Waals surface area contributed by atoms with Crippen LogP contribution in [0.3, 0.4) is 0 Å². The van der Waals surface area contributed by atoms with E-state index >= 15 is 0 Å². The number of para-hydroxylation sites is 1. The lowest BCUT2D eigenvalue weighted by Crippen LogP contribution is -2.21. The summed E-state index contributed by atoms with van der Waals surface area (Å²) in [7, 11) is 0. The summed E-state index contributed by atoms with van der Waals surface area (Å²) >= 11 is 5.63. The number of benzene rings is 1. The molecule has 18 heavy (non-hydrogen) atoms. The highest BCUT2D eigenvalue weighted by Gasteiger charge is 2.35. The number of nitrogens with one attached hydrogen (secondary N) is 1. The Labute approximate surface area is 106 Å². The molecule has 1 amide bonds. The van der Waals surface area contributed by atoms with Crippen LogP contribution in [0.5, 0.6) is 0 Å². The van der Waals surface area contributed by atoms with Crippen LogP contribution >= 0.6 is 11.6 Å². The highest BCUT2D eigenvalue weighted by molar-refractivity contribution is 6.34. The lowest BCUT2D eigenvalue weighted by atomic mass is 10.1. The second kappa shape index (κ2) is 5.27. The van der Waals surface area contributed by atoms with E-state index in [2.05, 4.69) is 0 Å². The number of amides is 1.